The van der Waals surface area contributed by atoms with Gasteiger partial charge in [0, 0.05) is 28.2 Å². The topological polar surface area (TPSA) is 101 Å². The zero-order chi connectivity index (χ0) is 18.2. The van der Waals surface area contributed by atoms with Gasteiger partial charge in [0.1, 0.15) is 5.69 Å². The Labute approximate surface area is 157 Å². The highest BCUT2D eigenvalue weighted by Gasteiger charge is 2.16. The number of rotatable bonds is 4. The number of hydrogen-bond acceptors (Lipinski definition) is 7. The van der Waals surface area contributed by atoms with Crippen molar-refractivity contribution in [2.45, 2.75) is 0 Å². The summed E-state index contributed by atoms with van der Waals surface area (Å²) in [6.45, 7) is 0.193. The van der Waals surface area contributed by atoms with E-state index in [0.717, 1.165) is 16.6 Å². The number of aromatic amines is 1. The molecule has 1 aliphatic rings. The molecule has 8 nitrogen and oxygen atoms in total. The Hall–Kier alpha value is -3.59. The van der Waals surface area contributed by atoms with E-state index in [1.807, 2.05) is 18.2 Å². The van der Waals surface area contributed by atoms with E-state index in [9.17, 15) is 4.79 Å². The number of carbonyl (C=O) groups excluding carboxylic acids is 1. The minimum absolute atomic E-state index is 0.193. The Morgan fingerprint density at radius 2 is 2.00 bits per heavy atom. The van der Waals surface area contributed by atoms with Gasteiger partial charge in [-0.15, -0.1) is 11.3 Å². The van der Waals surface area contributed by atoms with Gasteiger partial charge in [0.15, 0.2) is 16.6 Å². The van der Waals surface area contributed by atoms with Crippen molar-refractivity contribution in [3.63, 3.8) is 0 Å². The molecule has 0 aliphatic carbocycles. The van der Waals surface area contributed by atoms with Crippen molar-refractivity contribution in [2.75, 3.05) is 17.4 Å². The molecule has 27 heavy (non-hydrogen) atoms. The molecule has 0 saturated heterocycles. The lowest BCUT2D eigenvalue weighted by Crippen LogP contribution is -2.12. The van der Waals surface area contributed by atoms with Crippen LogP contribution in [0.5, 0.6) is 11.5 Å². The lowest BCUT2D eigenvalue weighted by Gasteiger charge is -2.04. The molecule has 2 aromatic carbocycles. The number of amides is 1. The van der Waals surface area contributed by atoms with Gasteiger partial charge >= 0.3 is 0 Å². The minimum atomic E-state index is -0.288. The molecular weight excluding hydrogens is 366 g/mol. The number of ether oxygens (including phenoxy) is 2. The minimum Gasteiger partial charge on any atom is -0.454 e. The molecule has 0 saturated carbocycles. The highest BCUT2D eigenvalue weighted by molar-refractivity contribution is 7.14. The highest BCUT2D eigenvalue weighted by Crippen LogP contribution is 2.34. The van der Waals surface area contributed by atoms with Crippen LogP contribution >= 0.6 is 11.3 Å². The zero-order valence-corrected chi connectivity index (χ0v) is 14.7. The molecule has 3 heterocycles. The molecule has 3 N–H and O–H groups in total. The first-order valence-corrected chi connectivity index (χ1v) is 8.99. The fraction of sp³-hybridized carbons (Fsp3) is 0.0556. The number of nitrogens with one attached hydrogen (secondary N) is 3. The molecule has 0 unspecified atom stereocenters. The van der Waals surface area contributed by atoms with Crippen molar-refractivity contribution in [3.8, 4) is 11.5 Å². The lowest BCUT2D eigenvalue weighted by atomic mass is 10.2. The SMILES string of the molecule is O=C(Nc1ccc2c(c1)OCO2)c1csc(Nc2ccc3[nH]ncc3c2)n1. The Bertz CT molecular complexity index is 1150. The first kappa shape index (κ1) is 15.6. The molecule has 1 aliphatic heterocycles. The van der Waals surface area contributed by atoms with Gasteiger partial charge in [0.2, 0.25) is 6.79 Å². The van der Waals surface area contributed by atoms with Gasteiger partial charge in [-0.3, -0.25) is 9.89 Å². The van der Waals surface area contributed by atoms with Crippen molar-refractivity contribution in [3.05, 3.63) is 53.7 Å². The normalized spacial score (nSPS) is 12.3. The first-order chi connectivity index (χ1) is 13.2. The van der Waals surface area contributed by atoms with Crippen molar-refractivity contribution < 1.29 is 14.3 Å². The first-order valence-electron chi connectivity index (χ1n) is 8.11. The lowest BCUT2D eigenvalue weighted by molar-refractivity contribution is 0.102. The second-order valence-electron chi connectivity index (χ2n) is 5.86. The summed E-state index contributed by atoms with van der Waals surface area (Å²) >= 11 is 1.36. The summed E-state index contributed by atoms with van der Waals surface area (Å²) in [6, 6.07) is 11.1. The molecule has 4 aromatic rings. The monoisotopic (exact) mass is 379 g/mol. The molecule has 0 spiro atoms. The van der Waals surface area contributed by atoms with Gasteiger partial charge in [0.05, 0.1) is 11.7 Å². The van der Waals surface area contributed by atoms with Crippen LogP contribution in [0.1, 0.15) is 10.5 Å². The van der Waals surface area contributed by atoms with Gasteiger partial charge in [-0.1, -0.05) is 0 Å². The number of thiazole rings is 1. The molecule has 2 aromatic heterocycles. The smallest absolute Gasteiger partial charge is 0.275 e. The molecule has 5 rings (SSSR count). The number of benzene rings is 2. The molecular formula is C18H13N5O3S. The number of H-pyrrole nitrogens is 1. The maximum Gasteiger partial charge on any atom is 0.275 e. The molecule has 0 fully saturated rings. The Morgan fingerprint density at radius 3 is 2.96 bits per heavy atom. The number of hydrogen-bond donors (Lipinski definition) is 3. The van der Waals surface area contributed by atoms with Crippen LogP contribution in [0.2, 0.25) is 0 Å². The van der Waals surface area contributed by atoms with E-state index in [1.54, 1.807) is 29.8 Å². The third kappa shape index (κ3) is 3.04. The van der Waals surface area contributed by atoms with Crippen LogP contribution in [0.25, 0.3) is 10.9 Å². The van der Waals surface area contributed by atoms with Gasteiger partial charge in [-0.05, 0) is 30.3 Å². The van der Waals surface area contributed by atoms with E-state index in [0.29, 0.717) is 28.0 Å². The third-order valence-corrected chi connectivity index (χ3v) is 4.82. The van der Waals surface area contributed by atoms with E-state index >= 15 is 0 Å². The molecule has 0 bridgehead atoms. The van der Waals surface area contributed by atoms with Crippen LogP contribution in [0, 0.1) is 0 Å². The van der Waals surface area contributed by atoms with Crippen molar-refractivity contribution >= 4 is 44.7 Å². The second kappa shape index (κ2) is 6.29. The molecule has 134 valence electrons. The van der Waals surface area contributed by atoms with E-state index in [-0.39, 0.29) is 12.7 Å². The van der Waals surface area contributed by atoms with Gasteiger partial charge < -0.3 is 20.1 Å². The standard InChI is InChI=1S/C18H13N5O3S/c24-17(20-12-2-4-15-16(6-12)26-9-25-15)14-8-27-18(22-14)21-11-1-3-13-10(5-11)7-19-23-13/h1-8H,9H2,(H,19,23)(H,20,24)(H,21,22). The highest BCUT2D eigenvalue weighted by atomic mass is 32.1. The molecule has 1 amide bonds. The predicted octanol–water partition coefficient (Wildman–Crippen LogP) is 3.74. The predicted molar refractivity (Wildman–Crippen MR) is 102 cm³/mol. The average Bonchev–Trinajstić information content (AvgIpc) is 3.41. The van der Waals surface area contributed by atoms with Crippen molar-refractivity contribution in [2.24, 2.45) is 0 Å². The van der Waals surface area contributed by atoms with E-state index in [4.69, 9.17) is 9.47 Å². The van der Waals surface area contributed by atoms with Gasteiger partial charge in [-0.25, -0.2) is 4.98 Å². The summed E-state index contributed by atoms with van der Waals surface area (Å²) in [7, 11) is 0. The Balaban J connectivity index is 1.30. The quantitative estimate of drug-likeness (QED) is 0.499. The van der Waals surface area contributed by atoms with E-state index in [1.165, 1.54) is 11.3 Å². The van der Waals surface area contributed by atoms with Crippen molar-refractivity contribution in [1.82, 2.24) is 15.2 Å². The molecule has 0 radical (unpaired) electrons. The second-order valence-corrected chi connectivity index (χ2v) is 6.72. The van der Waals surface area contributed by atoms with Gasteiger partial charge in [-0.2, -0.15) is 5.10 Å². The average molecular weight is 379 g/mol. The number of anilines is 3. The Kier molecular flexibility index (Phi) is 3.65. The third-order valence-electron chi connectivity index (χ3n) is 4.06. The fourth-order valence-electron chi connectivity index (χ4n) is 2.75. The van der Waals surface area contributed by atoms with E-state index < -0.39 is 0 Å². The summed E-state index contributed by atoms with van der Waals surface area (Å²) < 4.78 is 10.6. The number of fused-ring (bicyclic) bond motifs is 2. The summed E-state index contributed by atoms with van der Waals surface area (Å²) in [5, 5.41) is 16.3. The van der Waals surface area contributed by atoms with Crippen molar-refractivity contribution in [1.29, 1.82) is 0 Å². The molecule has 0 atom stereocenters. The summed E-state index contributed by atoms with van der Waals surface area (Å²) in [5.74, 6) is 0.995. The van der Waals surface area contributed by atoms with Crippen LogP contribution in [0.15, 0.2) is 48.0 Å². The van der Waals surface area contributed by atoms with Crippen LogP contribution in [0.4, 0.5) is 16.5 Å². The molecule has 9 heteroatoms. The van der Waals surface area contributed by atoms with Crippen LogP contribution in [0.3, 0.4) is 0 Å². The maximum absolute atomic E-state index is 12.4. The zero-order valence-electron chi connectivity index (χ0n) is 13.9. The van der Waals surface area contributed by atoms with Crippen LogP contribution < -0.4 is 20.1 Å². The largest absolute Gasteiger partial charge is 0.454 e. The number of carbonyl (C=O) groups is 1. The number of nitrogens with zero attached hydrogens (tertiary/aromatic N) is 2. The fourth-order valence-corrected chi connectivity index (χ4v) is 3.46. The summed E-state index contributed by atoms with van der Waals surface area (Å²) in [5.41, 5.74) is 2.80. The van der Waals surface area contributed by atoms with Crippen LogP contribution in [-0.2, 0) is 0 Å². The summed E-state index contributed by atoms with van der Waals surface area (Å²) in [6.07, 6.45) is 1.76. The van der Waals surface area contributed by atoms with Crippen LogP contribution in [-0.4, -0.2) is 27.9 Å². The van der Waals surface area contributed by atoms with E-state index in [2.05, 4.69) is 25.8 Å². The number of aromatic nitrogens is 3. The maximum atomic E-state index is 12.4. The summed E-state index contributed by atoms with van der Waals surface area (Å²) in [4.78, 5) is 16.8. The Morgan fingerprint density at radius 1 is 1.11 bits per heavy atom. The van der Waals surface area contributed by atoms with Gasteiger partial charge in [0.25, 0.3) is 5.91 Å².